The number of nitrogens with one attached hydrogen (secondary N) is 1. The Labute approximate surface area is 161 Å². The van der Waals surface area contributed by atoms with Crippen LogP contribution in [0.15, 0.2) is 18.3 Å². The molecular formula is C17H24ClF3N4O2. The summed E-state index contributed by atoms with van der Waals surface area (Å²) in [6.45, 7) is 4.36. The number of carbonyl (C=O) groups is 1. The van der Waals surface area contributed by atoms with Crippen LogP contribution < -0.4 is 5.32 Å². The maximum absolute atomic E-state index is 12.4. The molecule has 1 atom stereocenters. The normalized spacial score (nSPS) is 17.7. The third-order valence-corrected chi connectivity index (χ3v) is 4.57. The van der Waals surface area contributed by atoms with E-state index in [-0.39, 0.29) is 18.6 Å². The second-order valence-corrected chi connectivity index (χ2v) is 6.86. The summed E-state index contributed by atoms with van der Waals surface area (Å²) in [4.78, 5) is 20.6. The van der Waals surface area contributed by atoms with Crippen LogP contribution in [-0.2, 0) is 9.53 Å². The van der Waals surface area contributed by atoms with Gasteiger partial charge in [-0.1, -0.05) is 11.6 Å². The highest BCUT2D eigenvalue weighted by Gasteiger charge is 2.28. The number of hydrogen-bond acceptors (Lipinski definition) is 5. The molecular weight excluding hydrogens is 385 g/mol. The van der Waals surface area contributed by atoms with E-state index in [4.69, 9.17) is 11.6 Å². The van der Waals surface area contributed by atoms with Gasteiger partial charge in [0, 0.05) is 45.5 Å². The zero-order chi connectivity index (χ0) is 19.9. The van der Waals surface area contributed by atoms with Crippen molar-refractivity contribution in [3.63, 3.8) is 0 Å². The molecule has 2 rings (SSSR count). The van der Waals surface area contributed by atoms with Crippen LogP contribution in [0, 0.1) is 0 Å². The summed E-state index contributed by atoms with van der Waals surface area (Å²) in [5, 5.41) is 3.27. The third kappa shape index (κ3) is 8.00. The molecule has 0 aliphatic carbocycles. The van der Waals surface area contributed by atoms with Gasteiger partial charge in [0.15, 0.2) is 0 Å². The molecule has 1 fully saturated rings. The summed E-state index contributed by atoms with van der Waals surface area (Å²) in [7, 11) is 0. The van der Waals surface area contributed by atoms with Gasteiger partial charge in [-0.25, -0.2) is 4.98 Å². The zero-order valence-electron chi connectivity index (χ0n) is 15.1. The maximum Gasteiger partial charge on any atom is 0.411 e. The number of nitrogens with zero attached hydrogens (tertiary/aromatic N) is 3. The molecule has 0 bridgehead atoms. The SMILES string of the molecule is CC(C(=O)Nc1ccc(Cl)cn1)N1CCN(CCCOCC(F)(F)F)CC1. The van der Waals surface area contributed by atoms with Crippen molar-refractivity contribution in [2.24, 2.45) is 0 Å². The molecule has 0 spiro atoms. The smallest absolute Gasteiger partial charge is 0.372 e. The molecule has 1 aliphatic rings. The summed E-state index contributed by atoms with van der Waals surface area (Å²) in [6.07, 6.45) is -2.25. The van der Waals surface area contributed by atoms with E-state index in [1.165, 1.54) is 6.20 Å². The van der Waals surface area contributed by atoms with E-state index in [2.05, 4.69) is 24.8 Å². The molecule has 1 aromatic heterocycles. The van der Waals surface area contributed by atoms with E-state index >= 15 is 0 Å². The van der Waals surface area contributed by atoms with Crippen molar-refractivity contribution < 1.29 is 22.7 Å². The van der Waals surface area contributed by atoms with E-state index in [9.17, 15) is 18.0 Å². The Morgan fingerprint density at radius 3 is 2.63 bits per heavy atom. The predicted octanol–water partition coefficient (Wildman–Crippen LogP) is 2.65. The van der Waals surface area contributed by atoms with E-state index in [0.717, 1.165) is 13.1 Å². The Hall–Kier alpha value is -1.42. The van der Waals surface area contributed by atoms with E-state index < -0.39 is 12.8 Å². The van der Waals surface area contributed by atoms with Gasteiger partial charge in [0.1, 0.15) is 12.4 Å². The molecule has 0 saturated carbocycles. The minimum atomic E-state index is -4.27. The Kier molecular flexibility index (Phi) is 8.28. The van der Waals surface area contributed by atoms with Crippen LogP contribution in [0.4, 0.5) is 19.0 Å². The van der Waals surface area contributed by atoms with Crippen molar-refractivity contribution in [1.29, 1.82) is 0 Å². The van der Waals surface area contributed by atoms with E-state index in [1.807, 2.05) is 6.92 Å². The Morgan fingerprint density at radius 1 is 1.33 bits per heavy atom. The molecule has 1 aromatic rings. The van der Waals surface area contributed by atoms with Gasteiger partial charge in [-0.05, 0) is 25.5 Å². The fourth-order valence-corrected chi connectivity index (χ4v) is 2.91. The van der Waals surface area contributed by atoms with Gasteiger partial charge >= 0.3 is 6.18 Å². The van der Waals surface area contributed by atoms with Crippen LogP contribution in [-0.4, -0.2) is 78.8 Å². The van der Waals surface area contributed by atoms with Crippen LogP contribution in [0.2, 0.25) is 5.02 Å². The van der Waals surface area contributed by atoms with Crippen LogP contribution in [0.3, 0.4) is 0 Å². The molecule has 1 unspecified atom stereocenters. The lowest BCUT2D eigenvalue weighted by atomic mass is 10.2. The van der Waals surface area contributed by atoms with Crippen molar-refractivity contribution >= 4 is 23.3 Å². The number of pyridine rings is 1. The third-order valence-electron chi connectivity index (χ3n) is 4.34. The number of halogens is 4. The van der Waals surface area contributed by atoms with Gasteiger partial charge < -0.3 is 15.0 Å². The first-order valence-electron chi connectivity index (χ1n) is 8.78. The monoisotopic (exact) mass is 408 g/mol. The van der Waals surface area contributed by atoms with Crippen molar-refractivity contribution in [2.45, 2.75) is 25.6 Å². The summed E-state index contributed by atoms with van der Waals surface area (Å²) in [6, 6.07) is 3.00. The second kappa shape index (κ2) is 10.2. The number of anilines is 1. The lowest BCUT2D eigenvalue weighted by Gasteiger charge is -2.37. The molecule has 1 amide bonds. The van der Waals surface area contributed by atoms with Gasteiger partial charge in [0.2, 0.25) is 5.91 Å². The van der Waals surface area contributed by atoms with Crippen molar-refractivity contribution in [1.82, 2.24) is 14.8 Å². The minimum Gasteiger partial charge on any atom is -0.372 e. The molecule has 27 heavy (non-hydrogen) atoms. The molecule has 0 aromatic carbocycles. The van der Waals surface area contributed by atoms with E-state index in [0.29, 0.717) is 36.9 Å². The average Bonchev–Trinajstić information content (AvgIpc) is 2.62. The molecule has 152 valence electrons. The number of piperazine rings is 1. The van der Waals surface area contributed by atoms with Crippen molar-refractivity contribution in [2.75, 3.05) is 51.3 Å². The first-order chi connectivity index (χ1) is 12.7. The number of hydrogen-bond donors (Lipinski definition) is 1. The molecule has 1 saturated heterocycles. The first kappa shape index (κ1) is 21.9. The van der Waals surface area contributed by atoms with Crippen molar-refractivity contribution in [3.05, 3.63) is 23.4 Å². The van der Waals surface area contributed by atoms with Gasteiger partial charge in [0.25, 0.3) is 0 Å². The van der Waals surface area contributed by atoms with Gasteiger partial charge in [-0.3, -0.25) is 9.69 Å². The van der Waals surface area contributed by atoms with Crippen LogP contribution >= 0.6 is 11.6 Å². The highest BCUT2D eigenvalue weighted by molar-refractivity contribution is 6.30. The number of carbonyl (C=O) groups excluding carboxylic acids is 1. The largest absolute Gasteiger partial charge is 0.411 e. The summed E-state index contributed by atoms with van der Waals surface area (Å²) in [5.41, 5.74) is 0. The highest BCUT2D eigenvalue weighted by Crippen LogP contribution is 2.15. The quantitative estimate of drug-likeness (QED) is 0.670. The van der Waals surface area contributed by atoms with Crippen LogP contribution in [0.1, 0.15) is 13.3 Å². The molecule has 2 heterocycles. The number of amides is 1. The molecule has 10 heteroatoms. The maximum atomic E-state index is 12.4. The molecule has 1 N–H and O–H groups in total. The lowest BCUT2D eigenvalue weighted by molar-refractivity contribution is -0.174. The number of alkyl halides is 3. The Morgan fingerprint density at radius 2 is 2.04 bits per heavy atom. The molecule has 0 radical (unpaired) electrons. The van der Waals surface area contributed by atoms with E-state index in [1.54, 1.807) is 12.1 Å². The number of rotatable bonds is 8. The van der Waals surface area contributed by atoms with Crippen LogP contribution in [0.25, 0.3) is 0 Å². The molecule has 1 aliphatic heterocycles. The van der Waals surface area contributed by atoms with Gasteiger partial charge in [-0.15, -0.1) is 0 Å². The summed E-state index contributed by atoms with van der Waals surface area (Å²) in [5.74, 6) is 0.313. The molecule has 6 nitrogen and oxygen atoms in total. The highest BCUT2D eigenvalue weighted by atomic mass is 35.5. The fraction of sp³-hybridized carbons (Fsp3) is 0.647. The fourth-order valence-electron chi connectivity index (χ4n) is 2.80. The van der Waals surface area contributed by atoms with Crippen molar-refractivity contribution in [3.8, 4) is 0 Å². The van der Waals surface area contributed by atoms with Gasteiger partial charge in [0.05, 0.1) is 11.1 Å². The summed E-state index contributed by atoms with van der Waals surface area (Å²) < 4.78 is 40.6. The van der Waals surface area contributed by atoms with Gasteiger partial charge in [-0.2, -0.15) is 13.2 Å². The standard InChI is InChI=1S/C17H24ClF3N4O2/c1-13(16(26)23-15-4-3-14(18)11-22-15)25-8-6-24(7-9-25)5-2-10-27-12-17(19,20)21/h3-4,11,13H,2,5-10,12H2,1H3,(H,22,23,26). The number of aromatic nitrogens is 1. The first-order valence-corrected chi connectivity index (χ1v) is 9.16. The number of ether oxygens (including phenoxy) is 1. The predicted molar refractivity (Wildman–Crippen MR) is 96.8 cm³/mol. The minimum absolute atomic E-state index is 0.0899. The lowest BCUT2D eigenvalue weighted by Crippen LogP contribution is -2.52. The summed E-state index contributed by atoms with van der Waals surface area (Å²) >= 11 is 5.77. The average molecular weight is 409 g/mol. The van der Waals surface area contributed by atoms with Crippen LogP contribution in [0.5, 0.6) is 0 Å². The Balaban J connectivity index is 1.65. The topological polar surface area (TPSA) is 57.7 Å². The second-order valence-electron chi connectivity index (χ2n) is 6.43. The Bertz CT molecular complexity index is 593. The zero-order valence-corrected chi connectivity index (χ0v) is 15.9.